The zero-order valence-corrected chi connectivity index (χ0v) is 27.4. The molecule has 6 heterocycles. The summed E-state index contributed by atoms with van der Waals surface area (Å²) in [5.41, 5.74) is 4.05. The molecule has 2 fully saturated rings. The molecule has 0 aliphatic carbocycles. The Bertz CT molecular complexity index is 1760. The Morgan fingerprint density at radius 1 is 1.22 bits per heavy atom. The first kappa shape index (κ1) is 34.8. The Labute approximate surface area is 282 Å². The number of benzene rings is 1. The van der Waals surface area contributed by atoms with Crippen LogP contribution in [0.2, 0.25) is 5.02 Å². The smallest absolute Gasteiger partial charge is 0.416 e. The summed E-state index contributed by atoms with van der Waals surface area (Å²) in [5, 5.41) is 6.48. The van der Waals surface area contributed by atoms with Crippen LogP contribution in [0.3, 0.4) is 0 Å². The number of nitrogens with one attached hydrogen (secondary N) is 1. The molecule has 4 aliphatic rings. The van der Waals surface area contributed by atoms with Gasteiger partial charge < -0.3 is 25.4 Å². The minimum Gasteiger partial charge on any atom is -0.467 e. The number of alkyl halides is 4. The van der Waals surface area contributed by atoms with Crippen molar-refractivity contribution in [2.75, 3.05) is 44.4 Å². The molecule has 0 radical (unpaired) electrons. The van der Waals surface area contributed by atoms with Gasteiger partial charge in [0, 0.05) is 50.1 Å². The van der Waals surface area contributed by atoms with E-state index in [1.54, 1.807) is 4.90 Å². The van der Waals surface area contributed by atoms with Crippen LogP contribution in [0.25, 0.3) is 0 Å². The van der Waals surface area contributed by atoms with Gasteiger partial charge in [-0.05, 0) is 37.9 Å². The van der Waals surface area contributed by atoms with E-state index in [2.05, 4.69) is 25.3 Å². The molecule has 49 heavy (non-hydrogen) atoms. The number of amides is 1. The van der Waals surface area contributed by atoms with Gasteiger partial charge in [0.2, 0.25) is 5.91 Å². The predicted octanol–water partition coefficient (Wildman–Crippen LogP) is 4.49. The highest BCUT2D eigenvalue weighted by Crippen LogP contribution is 2.43. The Morgan fingerprint density at radius 2 is 2.00 bits per heavy atom. The second-order valence-corrected chi connectivity index (χ2v) is 12.6. The number of carbonyl (C=O) groups is 2. The second kappa shape index (κ2) is 13.7. The maximum absolute atomic E-state index is 15.0. The van der Waals surface area contributed by atoms with E-state index in [1.807, 2.05) is 0 Å². The maximum atomic E-state index is 15.0. The molecule has 1 aromatic carbocycles. The summed E-state index contributed by atoms with van der Waals surface area (Å²) in [6, 6.07) is 2.08. The topological polar surface area (TPSA) is 141 Å². The van der Waals surface area contributed by atoms with E-state index in [0.29, 0.717) is 24.2 Å². The molecular weight excluding hydrogens is 679 g/mol. The van der Waals surface area contributed by atoms with Gasteiger partial charge in [0.1, 0.15) is 12.0 Å². The van der Waals surface area contributed by atoms with E-state index in [-0.39, 0.29) is 66.5 Å². The van der Waals surface area contributed by atoms with Crippen LogP contribution in [0, 0.1) is 5.82 Å². The lowest BCUT2D eigenvalue weighted by Crippen LogP contribution is -2.29. The van der Waals surface area contributed by atoms with Gasteiger partial charge in [0.25, 0.3) is 5.91 Å². The van der Waals surface area contributed by atoms with Gasteiger partial charge in [-0.2, -0.15) is 28.2 Å². The molecule has 0 spiro atoms. The number of hydrogen-bond acceptors (Lipinski definition) is 10. The molecule has 18 heteroatoms. The highest BCUT2D eigenvalue weighted by atomic mass is 35.5. The molecular formula is C31H34ClF5N8O4. The summed E-state index contributed by atoms with van der Waals surface area (Å²) < 4.78 is 80.9. The molecule has 3 N–H and O–H groups in total. The number of halogens is 6. The Kier molecular flexibility index (Phi) is 9.70. The quantitative estimate of drug-likeness (QED) is 0.294. The second-order valence-electron chi connectivity index (χ2n) is 12.2. The third-order valence-corrected chi connectivity index (χ3v) is 9.57. The van der Waals surface area contributed by atoms with Crippen molar-refractivity contribution in [3.63, 3.8) is 0 Å². The monoisotopic (exact) mass is 712 g/mol. The first-order valence-corrected chi connectivity index (χ1v) is 16.0. The molecule has 0 saturated carbocycles. The number of nitrogen functional groups attached to an aromatic ring is 1. The average Bonchev–Trinajstić information content (AvgIpc) is 3.72. The van der Waals surface area contributed by atoms with Gasteiger partial charge >= 0.3 is 12.2 Å². The normalized spacial score (nSPS) is 22.1. The third-order valence-electron chi connectivity index (χ3n) is 9.17. The predicted molar refractivity (Wildman–Crippen MR) is 167 cm³/mol. The molecule has 2 saturated heterocycles. The fourth-order valence-electron chi connectivity index (χ4n) is 6.78. The molecule has 4 aliphatic heterocycles. The molecule has 3 aromatic rings. The van der Waals surface area contributed by atoms with Crippen LogP contribution >= 0.6 is 11.6 Å². The lowest BCUT2D eigenvalue weighted by Gasteiger charge is -2.31. The maximum Gasteiger partial charge on any atom is 0.416 e. The van der Waals surface area contributed by atoms with Crippen LogP contribution in [-0.4, -0.2) is 82.5 Å². The van der Waals surface area contributed by atoms with Gasteiger partial charge in [-0.25, -0.2) is 13.5 Å². The van der Waals surface area contributed by atoms with Gasteiger partial charge in [-0.15, -0.1) is 0 Å². The molecule has 3 unspecified atom stereocenters. The molecule has 12 nitrogen and oxygen atoms in total. The highest BCUT2D eigenvalue weighted by molar-refractivity contribution is 6.34. The summed E-state index contributed by atoms with van der Waals surface area (Å²) in [6.07, 6.45) is -3.65. The lowest BCUT2D eigenvalue weighted by molar-refractivity contribution is -0.140. The molecule has 3 atom stereocenters. The van der Waals surface area contributed by atoms with E-state index in [4.69, 9.17) is 26.8 Å². The number of nitrogens with two attached hydrogens (primary N) is 1. The third kappa shape index (κ3) is 6.75. The first-order chi connectivity index (χ1) is 23.3. The number of anilines is 2. The van der Waals surface area contributed by atoms with E-state index in [0.717, 1.165) is 23.7 Å². The van der Waals surface area contributed by atoms with Gasteiger partial charge in [0.15, 0.2) is 11.5 Å². The molecule has 264 valence electrons. The van der Waals surface area contributed by atoms with Crippen molar-refractivity contribution in [1.29, 1.82) is 0 Å². The number of aromatic nitrogens is 4. The van der Waals surface area contributed by atoms with Crippen LogP contribution in [0.5, 0.6) is 6.01 Å². The van der Waals surface area contributed by atoms with E-state index < -0.39 is 52.9 Å². The fraction of sp³-hybridized carbons (Fsp3) is 0.516. The van der Waals surface area contributed by atoms with Crippen molar-refractivity contribution in [2.45, 2.75) is 69.7 Å². The SMILES string of the molecule is CNC(=O)c1nn2c(c1Cl)CN(c1nc(OC)nc3c1COC(c1c(C(F)(F)F)ccc(N)c1F)C3)CCC2=O.FC1CC2CCCN2C1. The molecule has 0 bridgehead atoms. The van der Waals surface area contributed by atoms with Crippen molar-refractivity contribution >= 4 is 34.9 Å². The van der Waals surface area contributed by atoms with Crippen molar-refractivity contribution < 1.29 is 41.0 Å². The minimum absolute atomic E-state index is 0.00662. The number of rotatable bonds is 4. The minimum atomic E-state index is -4.85. The van der Waals surface area contributed by atoms with Crippen molar-refractivity contribution in [3.8, 4) is 6.01 Å². The molecule has 1 amide bonds. The van der Waals surface area contributed by atoms with Crippen LogP contribution in [-0.2, 0) is 30.5 Å². The molecule has 7 rings (SSSR count). The first-order valence-electron chi connectivity index (χ1n) is 15.7. The van der Waals surface area contributed by atoms with E-state index in [1.165, 1.54) is 27.0 Å². The van der Waals surface area contributed by atoms with Crippen LogP contribution in [0.15, 0.2) is 12.1 Å². The number of hydrogen-bond donors (Lipinski definition) is 2. The number of carbonyl (C=O) groups excluding carboxylic acids is 2. The van der Waals surface area contributed by atoms with Gasteiger partial charge in [-0.1, -0.05) is 11.6 Å². The summed E-state index contributed by atoms with van der Waals surface area (Å²) in [6.45, 7) is 1.75. The van der Waals surface area contributed by atoms with Crippen LogP contribution in [0.1, 0.15) is 75.1 Å². The van der Waals surface area contributed by atoms with Crippen molar-refractivity contribution in [2.24, 2.45) is 0 Å². The fourth-order valence-corrected chi connectivity index (χ4v) is 7.05. The number of ether oxygens (including phenoxy) is 2. The Hall–Kier alpha value is -4.09. The Balaban J connectivity index is 0.000000396. The van der Waals surface area contributed by atoms with Crippen molar-refractivity contribution in [1.82, 2.24) is 30.0 Å². The number of fused-ring (bicyclic) bond motifs is 3. The van der Waals surface area contributed by atoms with E-state index >= 15 is 0 Å². The van der Waals surface area contributed by atoms with Crippen LogP contribution < -0.4 is 20.7 Å². The van der Waals surface area contributed by atoms with Gasteiger partial charge in [-0.3, -0.25) is 14.5 Å². The van der Waals surface area contributed by atoms with Crippen LogP contribution in [0.4, 0.5) is 33.5 Å². The lowest BCUT2D eigenvalue weighted by atomic mass is 9.94. The largest absolute Gasteiger partial charge is 0.467 e. The standard InChI is InChI=1S/C24H22ClF4N7O4.C7H12FN/c1-31-22(38)20-18(25)14-8-35(6-5-16(37)36(14)34-20)21-10-9-40-15(7-13(10)32-23(33-21)39-2)17-11(24(27,28)29)3-4-12(30)19(17)26;8-6-4-7-2-1-3-9(7)5-6/h3-4,15H,5-9,30H2,1-2H3,(H,31,38);6-7H,1-5H2. The van der Waals surface area contributed by atoms with E-state index in [9.17, 15) is 31.5 Å². The highest BCUT2D eigenvalue weighted by Gasteiger charge is 2.40. The summed E-state index contributed by atoms with van der Waals surface area (Å²) >= 11 is 6.43. The van der Waals surface area contributed by atoms with Gasteiger partial charge in [0.05, 0.1) is 54.0 Å². The molecule has 2 aromatic heterocycles. The number of methoxy groups -OCH3 is 1. The number of nitrogens with zero attached hydrogens (tertiary/aromatic N) is 6. The summed E-state index contributed by atoms with van der Waals surface area (Å²) in [5.74, 6) is -1.91. The Morgan fingerprint density at radius 3 is 2.69 bits per heavy atom. The zero-order chi connectivity index (χ0) is 35.2. The zero-order valence-electron chi connectivity index (χ0n) is 26.6. The summed E-state index contributed by atoms with van der Waals surface area (Å²) in [7, 11) is 2.71. The average molecular weight is 713 g/mol. The summed E-state index contributed by atoms with van der Waals surface area (Å²) in [4.78, 5) is 37.7. The van der Waals surface area contributed by atoms with Crippen molar-refractivity contribution in [3.05, 3.63) is 56.7 Å².